The Kier molecular flexibility index (Phi) is 5.67. The second-order valence-electron chi connectivity index (χ2n) is 6.84. The summed E-state index contributed by atoms with van der Waals surface area (Å²) in [5, 5.41) is 0. The molecule has 1 saturated carbocycles. The van der Waals surface area contributed by atoms with Gasteiger partial charge in [-0.2, -0.15) is 0 Å². The van der Waals surface area contributed by atoms with Crippen LogP contribution in [0.3, 0.4) is 0 Å². The standard InChI is InChI=1S/C21H28N2O/c1-24-17-21(16-22,20-12-13-20)23(14-18-8-4-2-5-9-18)15-19-10-6-3-7-11-19/h2-11,20H,12-17,22H2,1H3. The molecule has 0 bridgehead atoms. The minimum Gasteiger partial charge on any atom is -0.383 e. The summed E-state index contributed by atoms with van der Waals surface area (Å²) in [7, 11) is 1.79. The van der Waals surface area contributed by atoms with E-state index in [-0.39, 0.29) is 5.54 Å². The lowest BCUT2D eigenvalue weighted by atomic mass is 9.90. The first-order chi connectivity index (χ1) is 11.8. The zero-order chi connectivity index (χ0) is 16.8. The highest BCUT2D eigenvalue weighted by atomic mass is 16.5. The zero-order valence-electron chi connectivity index (χ0n) is 14.5. The van der Waals surface area contributed by atoms with Crippen molar-refractivity contribution < 1.29 is 4.74 Å². The largest absolute Gasteiger partial charge is 0.383 e. The van der Waals surface area contributed by atoms with Crippen LogP contribution in [0.4, 0.5) is 0 Å². The highest BCUT2D eigenvalue weighted by Gasteiger charge is 2.48. The summed E-state index contributed by atoms with van der Waals surface area (Å²) in [6.45, 7) is 3.11. The van der Waals surface area contributed by atoms with E-state index in [1.807, 2.05) is 0 Å². The Hall–Kier alpha value is -1.68. The quantitative estimate of drug-likeness (QED) is 0.768. The summed E-state index contributed by atoms with van der Waals surface area (Å²) >= 11 is 0. The molecule has 2 N–H and O–H groups in total. The van der Waals surface area contributed by atoms with Crippen molar-refractivity contribution in [2.75, 3.05) is 20.3 Å². The van der Waals surface area contributed by atoms with E-state index in [0.29, 0.717) is 19.1 Å². The first-order valence-corrected chi connectivity index (χ1v) is 8.80. The number of methoxy groups -OCH3 is 1. The third-order valence-electron chi connectivity index (χ3n) is 5.15. The summed E-state index contributed by atoms with van der Waals surface area (Å²) < 4.78 is 5.63. The molecule has 0 aromatic heterocycles. The molecule has 128 valence electrons. The van der Waals surface area contributed by atoms with Crippen molar-refractivity contribution in [1.29, 1.82) is 0 Å². The second kappa shape index (κ2) is 7.93. The molecule has 2 aromatic rings. The van der Waals surface area contributed by atoms with Gasteiger partial charge in [-0.3, -0.25) is 4.90 Å². The van der Waals surface area contributed by atoms with Crippen LogP contribution < -0.4 is 5.73 Å². The maximum atomic E-state index is 6.32. The van der Waals surface area contributed by atoms with Crippen molar-refractivity contribution in [1.82, 2.24) is 4.90 Å². The van der Waals surface area contributed by atoms with Crippen molar-refractivity contribution in [2.24, 2.45) is 11.7 Å². The summed E-state index contributed by atoms with van der Waals surface area (Å²) in [6, 6.07) is 21.3. The van der Waals surface area contributed by atoms with Crippen molar-refractivity contribution in [3.8, 4) is 0 Å². The molecule has 0 amide bonds. The van der Waals surface area contributed by atoms with E-state index in [9.17, 15) is 0 Å². The van der Waals surface area contributed by atoms with E-state index in [1.165, 1.54) is 24.0 Å². The Bertz CT molecular complexity index is 571. The molecule has 0 heterocycles. The summed E-state index contributed by atoms with van der Waals surface area (Å²) in [4.78, 5) is 2.54. The molecule has 0 radical (unpaired) electrons. The van der Waals surface area contributed by atoms with E-state index in [1.54, 1.807) is 7.11 Å². The number of benzene rings is 2. The highest BCUT2D eigenvalue weighted by molar-refractivity contribution is 5.19. The molecule has 3 rings (SSSR count). The van der Waals surface area contributed by atoms with Gasteiger partial charge in [-0.05, 0) is 29.9 Å². The Morgan fingerprint density at radius 3 is 1.83 bits per heavy atom. The van der Waals surface area contributed by atoms with Gasteiger partial charge in [0.1, 0.15) is 0 Å². The molecule has 1 aliphatic carbocycles. The molecular weight excluding hydrogens is 296 g/mol. The minimum absolute atomic E-state index is 0.0829. The van der Waals surface area contributed by atoms with Gasteiger partial charge in [-0.25, -0.2) is 0 Å². The summed E-state index contributed by atoms with van der Waals surface area (Å²) in [5.41, 5.74) is 8.88. The number of hydrogen-bond donors (Lipinski definition) is 1. The number of nitrogens with zero attached hydrogens (tertiary/aromatic N) is 1. The Morgan fingerprint density at radius 2 is 1.46 bits per heavy atom. The molecule has 1 fully saturated rings. The van der Waals surface area contributed by atoms with E-state index in [4.69, 9.17) is 10.5 Å². The maximum absolute atomic E-state index is 6.32. The second-order valence-corrected chi connectivity index (χ2v) is 6.84. The predicted octanol–water partition coefficient (Wildman–Crippen LogP) is 3.44. The number of ether oxygens (including phenoxy) is 1. The van der Waals surface area contributed by atoms with E-state index < -0.39 is 0 Å². The van der Waals surface area contributed by atoms with Gasteiger partial charge >= 0.3 is 0 Å². The molecule has 3 heteroatoms. The number of rotatable bonds is 9. The highest BCUT2D eigenvalue weighted by Crippen LogP contribution is 2.44. The minimum atomic E-state index is -0.0829. The van der Waals surface area contributed by atoms with Gasteiger partial charge in [-0.15, -0.1) is 0 Å². The molecule has 1 aliphatic rings. The normalized spacial score (nSPS) is 17.0. The van der Waals surface area contributed by atoms with Gasteiger partial charge in [-0.1, -0.05) is 60.7 Å². The smallest absolute Gasteiger partial charge is 0.0661 e. The van der Waals surface area contributed by atoms with E-state index in [0.717, 1.165) is 13.1 Å². The monoisotopic (exact) mass is 324 g/mol. The molecule has 1 atom stereocenters. The van der Waals surface area contributed by atoms with Gasteiger partial charge in [0, 0.05) is 26.7 Å². The fourth-order valence-corrected chi connectivity index (χ4v) is 3.67. The molecule has 1 unspecified atom stereocenters. The fourth-order valence-electron chi connectivity index (χ4n) is 3.67. The fraction of sp³-hybridized carbons (Fsp3) is 0.429. The molecule has 0 spiro atoms. The molecular formula is C21H28N2O. The van der Waals surface area contributed by atoms with Gasteiger partial charge < -0.3 is 10.5 Å². The Morgan fingerprint density at radius 1 is 0.958 bits per heavy atom. The SMILES string of the molecule is COCC(CN)(C1CC1)N(Cc1ccccc1)Cc1ccccc1. The molecule has 0 saturated heterocycles. The van der Waals surface area contributed by atoms with E-state index >= 15 is 0 Å². The zero-order valence-corrected chi connectivity index (χ0v) is 14.5. The lowest BCUT2D eigenvalue weighted by molar-refractivity contribution is -0.0117. The summed E-state index contributed by atoms with van der Waals surface area (Å²) in [6.07, 6.45) is 2.50. The molecule has 3 nitrogen and oxygen atoms in total. The maximum Gasteiger partial charge on any atom is 0.0661 e. The van der Waals surface area contributed by atoms with Crippen LogP contribution in [0.5, 0.6) is 0 Å². The van der Waals surface area contributed by atoms with Crippen LogP contribution in [0.2, 0.25) is 0 Å². The average Bonchev–Trinajstić information content (AvgIpc) is 3.46. The topological polar surface area (TPSA) is 38.5 Å². The molecule has 24 heavy (non-hydrogen) atoms. The van der Waals surface area contributed by atoms with Gasteiger partial charge in [0.05, 0.1) is 12.1 Å². The Balaban J connectivity index is 1.90. The summed E-state index contributed by atoms with van der Waals surface area (Å²) in [5.74, 6) is 0.634. The number of hydrogen-bond acceptors (Lipinski definition) is 3. The average molecular weight is 324 g/mol. The number of nitrogens with two attached hydrogens (primary N) is 1. The van der Waals surface area contributed by atoms with Crippen molar-refractivity contribution >= 4 is 0 Å². The lowest BCUT2D eigenvalue weighted by Crippen LogP contribution is -2.58. The van der Waals surface area contributed by atoms with Crippen LogP contribution in [-0.4, -0.2) is 30.7 Å². The van der Waals surface area contributed by atoms with Crippen LogP contribution in [0.25, 0.3) is 0 Å². The third kappa shape index (κ3) is 3.86. The predicted molar refractivity (Wildman–Crippen MR) is 98.5 cm³/mol. The van der Waals surface area contributed by atoms with Gasteiger partial charge in [0.15, 0.2) is 0 Å². The van der Waals surface area contributed by atoms with Crippen molar-refractivity contribution in [3.63, 3.8) is 0 Å². The third-order valence-corrected chi connectivity index (χ3v) is 5.15. The van der Waals surface area contributed by atoms with Crippen LogP contribution in [0, 0.1) is 5.92 Å². The Labute approximate surface area is 145 Å². The van der Waals surface area contributed by atoms with Crippen LogP contribution >= 0.6 is 0 Å². The molecule has 0 aliphatic heterocycles. The van der Waals surface area contributed by atoms with Crippen LogP contribution in [0.15, 0.2) is 60.7 Å². The van der Waals surface area contributed by atoms with E-state index in [2.05, 4.69) is 65.6 Å². The van der Waals surface area contributed by atoms with Crippen LogP contribution in [0.1, 0.15) is 24.0 Å². The van der Waals surface area contributed by atoms with Crippen molar-refractivity contribution in [3.05, 3.63) is 71.8 Å². The van der Waals surface area contributed by atoms with Gasteiger partial charge in [0.2, 0.25) is 0 Å². The van der Waals surface area contributed by atoms with Gasteiger partial charge in [0.25, 0.3) is 0 Å². The first-order valence-electron chi connectivity index (χ1n) is 8.80. The first kappa shape index (κ1) is 17.2. The molecule has 2 aromatic carbocycles. The van der Waals surface area contributed by atoms with Crippen LogP contribution in [-0.2, 0) is 17.8 Å². The lowest BCUT2D eigenvalue weighted by Gasteiger charge is -2.44. The van der Waals surface area contributed by atoms with Crippen molar-refractivity contribution in [2.45, 2.75) is 31.5 Å².